The van der Waals surface area contributed by atoms with Crippen LogP contribution in [-0.2, 0) is 0 Å². The summed E-state index contributed by atoms with van der Waals surface area (Å²) in [5.74, 6) is 0. The molecule has 1 N–H and O–H groups in total. The molecular weight excluding hydrogens is 204 g/mol. The average molecular weight is 218 g/mol. The van der Waals surface area contributed by atoms with E-state index in [1.165, 1.54) is 10.4 Å². The second-order valence-electron chi connectivity index (χ2n) is 3.55. The van der Waals surface area contributed by atoms with Crippen LogP contribution in [0.5, 0.6) is 0 Å². The molecule has 15 heavy (non-hydrogen) atoms. The summed E-state index contributed by atoms with van der Waals surface area (Å²) in [4.78, 5) is 5.52. The maximum absolute atomic E-state index is 4.29. The summed E-state index contributed by atoms with van der Waals surface area (Å²) < 4.78 is 0. The molecule has 1 unspecified atom stereocenters. The molecule has 1 atom stereocenters. The van der Waals surface area contributed by atoms with E-state index in [9.17, 15) is 0 Å². The van der Waals surface area contributed by atoms with Gasteiger partial charge in [0.2, 0.25) is 0 Å². The van der Waals surface area contributed by atoms with Gasteiger partial charge in [0.05, 0.1) is 6.04 Å². The van der Waals surface area contributed by atoms with Crippen molar-refractivity contribution in [1.82, 2.24) is 4.98 Å². The summed E-state index contributed by atoms with van der Waals surface area (Å²) in [6.45, 7) is 4.21. The minimum absolute atomic E-state index is 0.303. The van der Waals surface area contributed by atoms with Crippen molar-refractivity contribution in [2.75, 3.05) is 5.32 Å². The first-order chi connectivity index (χ1) is 7.25. The van der Waals surface area contributed by atoms with Gasteiger partial charge in [-0.05, 0) is 19.4 Å². The SMILES string of the molecule is Cc1cnc(NC(C)c2ccccc2)s1. The van der Waals surface area contributed by atoms with E-state index in [0.717, 1.165) is 5.13 Å². The number of aryl methyl sites for hydroxylation is 1. The zero-order chi connectivity index (χ0) is 10.7. The van der Waals surface area contributed by atoms with Gasteiger partial charge in [-0.1, -0.05) is 30.3 Å². The summed E-state index contributed by atoms with van der Waals surface area (Å²) in [5.41, 5.74) is 1.28. The summed E-state index contributed by atoms with van der Waals surface area (Å²) in [6.07, 6.45) is 1.89. The van der Waals surface area contributed by atoms with Crippen molar-refractivity contribution in [3.63, 3.8) is 0 Å². The minimum Gasteiger partial charge on any atom is -0.355 e. The molecule has 2 rings (SSSR count). The van der Waals surface area contributed by atoms with Crippen molar-refractivity contribution in [1.29, 1.82) is 0 Å². The number of rotatable bonds is 3. The van der Waals surface area contributed by atoms with Crippen LogP contribution in [0.1, 0.15) is 23.4 Å². The van der Waals surface area contributed by atoms with Crippen molar-refractivity contribution < 1.29 is 0 Å². The molecule has 1 aromatic carbocycles. The van der Waals surface area contributed by atoms with Crippen molar-refractivity contribution in [2.45, 2.75) is 19.9 Å². The fourth-order valence-electron chi connectivity index (χ4n) is 1.43. The summed E-state index contributed by atoms with van der Waals surface area (Å²) in [5, 5.41) is 4.38. The van der Waals surface area contributed by atoms with E-state index in [4.69, 9.17) is 0 Å². The second kappa shape index (κ2) is 4.45. The Morgan fingerprint density at radius 1 is 1.27 bits per heavy atom. The standard InChI is InChI=1S/C12H14N2S/c1-9-8-13-12(15-9)14-10(2)11-6-4-3-5-7-11/h3-8,10H,1-2H3,(H,13,14). The first kappa shape index (κ1) is 10.2. The Morgan fingerprint density at radius 3 is 2.60 bits per heavy atom. The van der Waals surface area contributed by atoms with Crippen molar-refractivity contribution >= 4 is 16.5 Å². The third-order valence-electron chi connectivity index (χ3n) is 2.26. The van der Waals surface area contributed by atoms with E-state index in [1.54, 1.807) is 11.3 Å². The van der Waals surface area contributed by atoms with Crippen LogP contribution in [0.15, 0.2) is 36.5 Å². The van der Waals surface area contributed by atoms with E-state index in [0.29, 0.717) is 6.04 Å². The van der Waals surface area contributed by atoms with Crippen LogP contribution in [0, 0.1) is 6.92 Å². The Hall–Kier alpha value is -1.35. The lowest BCUT2D eigenvalue weighted by molar-refractivity contribution is 0.882. The zero-order valence-corrected chi connectivity index (χ0v) is 9.71. The van der Waals surface area contributed by atoms with Gasteiger partial charge >= 0.3 is 0 Å². The van der Waals surface area contributed by atoms with Crippen LogP contribution in [0.4, 0.5) is 5.13 Å². The largest absolute Gasteiger partial charge is 0.355 e. The highest BCUT2D eigenvalue weighted by Crippen LogP contribution is 2.22. The number of benzene rings is 1. The molecule has 3 heteroatoms. The topological polar surface area (TPSA) is 24.9 Å². The Balaban J connectivity index is 2.07. The number of hydrogen-bond acceptors (Lipinski definition) is 3. The molecular formula is C12H14N2S. The average Bonchev–Trinajstić information content (AvgIpc) is 2.65. The molecule has 0 bridgehead atoms. The minimum atomic E-state index is 0.303. The van der Waals surface area contributed by atoms with E-state index < -0.39 is 0 Å². The van der Waals surface area contributed by atoms with Gasteiger partial charge < -0.3 is 5.32 Å². The lowest BCUT2D eigenvalue weighted by Crippen LogP contribution is -2.05. The highest BCUT2D eigenvalue weighted by atomic mass is 32.1. The first-order valence-electron chi connectivity index (χ1n) is 4.99. The van der Waals surface area contributed by atoms with Crippen LogP contribution in [0.2, 0.25) is 0 Å². The highest BCUT2D eigenvalue weighted by Gasteiger charge is 2.06. The Kier molecular flexibility index (Phi) is 3.02. The summed E-state index contributed by atoms with van der Waals surface area (Å²) in [7, 11) is 0. The Morgan fingerprint density at radius 2 is 2.00 bits per heavy atom. The maximum atomic E-state index is 4.29. The molecule has 1 aromatic heterocycles. The van der Waals surface area contributed by atoms with E-state index in [1.807, 2.05) is 12.3 Å². The van der Waals surface area contributed by atoms with Gasteiger partial charge in [-0.15, -0.1) is 11.3 Å². The molecule has 78 valence electrons. The molecule has 0 aliphatic rings. The predicted octanol–water partition coefficient (Wildman–Crippen LogP) is 3.62. The van der Waals surface area contributed by atoms with Gasteiger partial charge in [-0.2, -0.15) is 0 Å². The lowest BCUT2D eigenvalue weighted by atomic mass is 10.1. The van der Waals surface area contributed by atoms with Gasteiger partial charge in [0.1, 0.15) is 0 Å². The van der Waals surface area contributed by atoms with Crippen LogP contribution in [0.3, 0.4) is 0 Å². The Bertz CT molecular complexity index is 422. The fraction of sp³-hybridized carbons (Fsp3) is 0.250. The van der Waals surface area contributed by atoms with E-state index in [-0.39, 0.29) is 0 Å². The van der Waals surface area contributed by atoms with E-state index in [2.05, 4.69) is 48.4 Å². The maximum Gasteiger partial charge on any atom is 0.183 e. The lowest BCUT2D eigenvalue weighted by Gasteiger charge is -2.12. The molecule has 0 fully saturated rings. The first-order valence-corrected chi connectivity index (χ1v) is 5.81. The Labute approximate surface area is 94.0 Å². The van der Waals surface area contributed by atoms with Gasteiger partial charge in [0.15, 0.2) is 5.13 Å². The molecule has 0 radical (unpaired) electrons. The van der Waals surface area contributed by atoms with Crippen LogP contribution < -0.4 is 5.32 Å². The smallest absolute Gasteiger partial charge is 0.183 e. The molecule has 1 heterocycles. The van der Waals surface area contributed by atoms with E-state index >= 15 is 0 Å². The van der Waals surface area contributed by atoms with Crippen molar-refractivity contribution in [2.24, 2.45) is 0 Å². The third kappa shape index (κ3) is 2.57. The predicted molar refractivity (Wildman–Crippen MR) is 65.3 cm³/mol. The van der Waals surface area contributed by atoms with Crippen LogP contribution in [-0.4, -0.2) is 4.98 Å². The monoisotopic (exact) mass is 218 g/mol. The summed E-state index contributed by atoms with van der Waals surface area (Å²) in [6, 6.07) is 10.7. The number of nitrogens with zero attached hydrogens (tertiary/aromatic N) is 1. The molecule has 0 saturated heterocycles. The molecule has 0 aliphatic carbocycles. The van der Waals surface area contributed by atoms with Crippen molar-refractivity contribution in [3.05, 3.63) is 47.0 Å². The third-order valence-corrected chi connectivity index (χ3v) is 3.10. The van der Waals surface area contributed by atoms with Crippen LogP contribution >= 0.6 is 11.3 Å². The number of nitrogens with one attached hydrogen (secondary N) is 1. The molecule has 0 aliphatic heterocycles. The second-order valence-corrected chi connectivity index (χ2v) is 4.79. The summed E-state index contributed by atoms with van der Waals surface area (Å²) >= 11 is 1.69. The van der Waals surface area contributed by atoms with Crippen molar-refractivity contribution in [3.8, 4) is 0 Å². The molecule has 2 nitrogen and oxygen atoms in total. The number of thiazole rings is 1. The highest BCUT2D eigenvalue weighted by molar-refractivity contribution is 7.15. The normalized spacial score (nSPS) is 12.4. The number of aromatic nitrogens is 1. The molecule has 0 spiro atoms. The molecule has 0 saturated carbocycles. The molecule has 2 aromatic rings. The van der Waals surface area contributed by atoms with Crippen LogP contribution in [0.25, 0.3) is 0 Å². The number of hydrogen-bond donors (Lipinski definition) is 1. The van der Waals surface area contributed by atoms with Gasteiger partial charge in [0, 0.05) is 11.1 Å². The van der Waals surface area contributed by atoms with Gasteiger partial charge in [-0.3, -0.25) is 0 Å². The number of anilines is 1. The molecule has 0 amide bonds. The zero-order valence-electron chi connectivity index (χ0n) is 8.90. The van der Waals surface area contributed by atoms with Gasteiger partial charge in [0.25, 0.3) is 0 Å². The van der Waals surface area contributed by atoms with Gasteiger partial charge in [-0.25, -0.2) is 4.98 Å². The quantitative estimate of drug-likeness (QED) is 0.851. The fourth-order valence-corrected chi connectivity index (χ4v) is 2.18.